The van der Waals surface area contributed by atoms with E-state index in [-0.39, 0.29) is 0 Å². The standard InChI is InChI=1S/C17H17Cl2N/c1-11-9-10-17(20,13-6-3-2-5-12(11)13)14-7-4-8-15(18)16(14)19/h2-8,11H,9-10,20H2,1H3. The summed E-state index contributed by atoms with van der Waals surface area (Å²) in [6.07, 6.45) is 1.93. The molecule has 0 bridgehead atoms. The molecule has 104 valence electrons. The molecule has 2 aromatic carbocycles. The van der Waals surface area contributed by atoms with E-state index in [1.54, 1.807) is 6.07 Å². The van der Waals surface area contributed by atoms with Gasteiger partial charge in [-0.25, -0.2) is 0 Å². The van der Waals surface area contributed by atoms with Crippen LogP contribution in [0, 0.1) is 0 Å². The topological polar surface area (TPSA) is 26.0 Å². The molecule has 3 rings (SSSR count). The van der Waals surface area contributed by atoms with Crippen LogP contribution >= 0.6 is 23.2 Å². The molecule has 0 aromatic heterocycles. The predicted molar refractivity (Wildman–Crippen MR) is 85.5 cm³/mol. The van der Waals surface area contributed by atoms with Crippen molar-refractivity contribution in [3.63, 3.8) is 0 Å². The van der Waals surface area contributed by atoms with Crippen molar-refractivity contribution in [1.29, 1.82) is 0 Å². The van der Waals surface area contributed by atoms with E-state index in [0.29, 0.717) is 16.0 Å². The fourth-order valence-electron chi connectivity index (χ4n) is 3.20. The molecular formula is C17H17Cl2N. The lowest BCUT2D eigenvalue weighted by atomic mass is 9.70. The van der Waals surface area contributed by atoms with E-state index in [2.05, 4.69) is 25.1 Å². The minimum atomic E-state index is -0.551. The van der Waals surface area contributed by atoms with E-state index < -0.39 is 5.54 Å². The highest BCUT2D eigenvalue weighted by Gasteiger charge is 2.38. The van der Waals surface area contributed by atoms with Gasteiger partial charge in [0.2, 0.25) is 0 Å². The summed E-state index contributed by atoms with van der Waals surface area (Å²) in [6, 6.07) is 14.1. The van der Waals surface area contributed by atoms with Gasteiger partial charge in [-0.2, -0.15) is 0 Å². The average molecular weight is 306 g/mol. The molecule has 3 heteroatoms. The van der Waals surface area contributed by atoms with Crippen LogP contribution in [-0.4, -0.2) is 0 Å². The molecule has 2 aromatic rings. The van der Waals surface area contributed by atoms with Crippen LogP contribution in [0.5, 0.6) is 0 Å². The molecule has 0 amide bonds. The van der Waals surface area contributed by atoms with Crippen molar-refractivity contribution in [1.82, 2.24) is 0 Å². The fourth-order valence-corrected chi connectivity index (χ4v) is 3.66. The van der Waals surface area contributed by atoms with Crippen LogP contribution in [0.4, 0.5) is 0 Å². The van der Waals surface area contributed by atoms with E-state index in [9.17, 15) is 0 Å². The highest BCUT2D eigenvalue weighted by Crippen LogP contribution is 2.46. The molecule has 2 atom stereocenters. The smallest absolute Gasteiger partial charge is 0.0683 e. The van der Waals surface area contributed by atoms with Crippen LogP contribution in [0.1, 0.15) is 42.4 Å². The van der Waals surface area contributed by atoms with Crippen molar-refractivity contribution in [3.05, 3.63) is 69.2 Å². The van der Waals surface area contributed by atoms with Gasteiger partial charge in [-0.3, -0.25) is 0 Å². The first kappa shape index (κ1) is 13.9. The molecule has 0 saturated carbocycles. The van der Waals surface area contributed by atoms with Crippen LogP contribution in [0.2, 0.25) is 10.0 Å². The number of rotatable bonds is 1. The summed E-state index contributed by atoms with van der Waals surface area (Å²) in [4.78, 5) is 0. The first-order valence-corrected chi connectivity index (χ1v) is 7.62. The Morgan fingerprint density at radius 3 is 2.55 bits per heavy atom. The summed E-state index contributed by atoms with van der Waals surface area (Å²) in [5.74, 6) is 0.529. The minimum Gasteiger partial charge on any atom is -0.318 e. The van der Waals surface area contributed by atoms with E-state index in [1.807, 2.05) is 18.2 Å². The van der Waals surface area contributed by atoms with Crippen LogP contribution in [0.25, 0.3) is 0 Å². The van der Waals surface area contributed by atoms with Crippen LogP contribution in [-0.2, 0) is 5.54 Å². The maximum atomic E-state index is 6.78. The lowest BCUT2D eigenvalue weighted by molar-refractivity contribution is 0.412. The molecule has 1 aliphatic rings. The number of nitrogens with two attached hydrogens (primary N) is 1. The third-order valence-corrected chi connectivity index (χ3v) is 5.20. The Bertz CT molecular complexity index is 653. The second-order valence-electron chi connectivity index (χ2n) is 5.60. The molecule has 20 heavy (non-hydrogen) atoms. The number of hydrogen-bond acceptors (Lipinski definition) is 1. The molecule has 1 aliphatic carbocycles. The largest absolute Gasteiger partial charge is 0.318 e. The molecule has 0 radical (unpaired) electrons. The van der Waals surface area contributed by atoms with Crippen molar-refractivity contribution in [2.24, 2.45) is 5.73 Å². The summed E-state index contributed by atoms with van der Waals surface area (Å²) in [6.45, 7) is 2.25. The minimum absolute atomic E-state index is 0.529. The van der Waals surface area contributed by atoms with Gasteiger partial charge in [-0.15, -0.1) is 0 Å². The molecule has 2 N–H and O–H groups in total. The Morgan fingerprint density at radius 1 is 1.05 bits per heavy atom. The lowest BCUT2D eigenvalue weighted by Gasteiger charge is -2.39. The first-order valence-electron chi connectivity index (χ1n) is 6.87. The van der Waals surface area contributed by atoms with Crippen molar-refractivity contribution in [2.45, 2.75) is 31.2 Å². The summed E-state index contributed by atoms with van der Waals surface area (Å²) in [5, 5.41) is 1.13. The van der Waals surface area contributed by atoms with E-state index in [0.717, 1.165) is 18.4 Å². The quantitative estimate of drug-likeness (QED) is 0.780. The maximum Gasteiger partial charge on any atom is 0.0683 e. The molecule has 0 saturated heterocycles. The third kappa shape index (κ3) is 2.05. The highest BCUT2D eigenvalue weighted by molar-refractivity contribution is 6.42. The second-order valence-corrected chi connectivity index (χ2v) is 6.38. The van der Waals surface area contributed by atoms with Gasteiger partial charge in [0.25, 0.3) is 0 Å². The Balaban J connectivity index is 2.23. The normalized spacial score (nSPS) is 25.3. The highest BCUT2D eigenvalue weighted by atomic mass is 35.5. The van der Waals surface area contributed by atoms with E-state index in [4.69, 9.17) is 28.9 Å². The summed E-state index contributed by atoms with van der Waals surface area (Å²) >= 11 is 12.6. The van der Waals surface area contributed by atoms with Crippen molar-refractivity contribution in [2.75, 3.05) is 0 Å². The third-order valence-electron chi connectivity index (χ3n) is 4.38. The Labute approximate surface area is 129 Å². The maximum absolute atomic E-state index is 6.78. The van der Waals surface area contributed by atoms with E-state index in [1.165, 1.54) is 11.1 Å². The zero-order valence-electron chi connectivity index (χ0n) is 11.4. The number of fused-ring (bicyclic) bond motifs is 1. The fraction of sp³-hybridized carbons (Fsp3) is 0.294. The summed E-state index contributed by atoms with van der Waals surface area (Å²) in [5.41, 5.74) is 9.64. The van der Waals surface area contributed by atoms with Gasteiger partial charge >= 0.3 is 0 Å². The van der Waals surface area contributed by atoms with Gasteiger partial charge in [-0.1, -0.05) is 66.5 Å². The molecule has 2 unspecified atom stereocenters. The molecule has 0 fully saturated rings. The Hall–Kier alpha value is -1.02. The van der Waals surface area contributed by atoms with Gasteiger partial charge < -0.3 is 5.73 Å². The lowest BCUT2D eigenvalue weighted by Crippen LogP contribution is -2.42. The van der Waals surface area contributed by atoms with Crippen molar-refractivity contribution >= 4 is 23.2 Å². The zero-order chi connectivity index (χ0) is 14.3. The number of benzene rings is 2. The molecule has 0 heterocycles. The Kier molecular flexibility index (Phi) is 3.53. The van der Waals surface area contributed by atoms with Crippen molar-refractivity contribution in [3.8, 4) is 0 Å². The monoisotopic (exact) mass is 305 g/mol. The first-order chi connectivity index (χ1) is 9.54. The van der Waals surface area contributed by atoms with Gasteiger partial charge in [0.1, 0.15) is 0 Å². The van der Waals surface area contributed by atoms with Crippen LogP contribution < -0.4 is 5.73 Å². The van der Waals surface area contributed by atoms with Crippen LogP contribution in [0.15, 0.2) is 42.5 Å². The summed E-state index contributed by atoms with van der Waals surface area (Å²) in [7, 11) is 0. The number of hydrogen-bond donors (Lipinski definition) is 1. The summed E-state index contributed by atoms with van der Waals surface area (Å²) < 4.78 is 0. The van der Waals surface area contributed by atoms with Gasteiger partial charge in [0.05, 0.1) is 15.6 Å². The van der Waals surface area contributed by atoms with Gasteiger partial charge in [-0.05, 0) is 41.5 Å². The molecule has 1 nitrogen and oxygen atoms in total. The van der Waals surface area contributed by atoms with Crippen LogP contribution in [0.3, 0.4) is 0 Å². The molecule has 0 spiro atoms. The molecular weight excluding hydrogens is 289 g/mol. The zero-order valence-corrected chi connectivity index (χ0v) is 12.9. The van der Waals surface area contributed by atoms with Gasteiger partial charge in [0.15, 0.2) is 0 Å². The molecule has 0 aliphatic heterocycles. The SMILES string of the molecule is CC1CCC(N)(c2cccc(Cl)c2Cl)c2ccccc21. The van der Waals surface area contributed by atoms with E-state index >= 15 is 0 Å². The number of halogens is 2. The van der Waals surface area contributed by atoms with Crippen molar-refractivity contribution < 1.29 is 0 Å². The Morgan fingerprint density at radius 2 is 1.75 bits per heavy atom. The second kappa shape index (κ2) is 5.07. The average Bonchev–Trinajstić information content (AvgIpc) is 2.46. The van der Waals surface area contributed by atoms with Gasteiger partial charge in [0, 0.05) is 0 Å². The predicted octanol–water partition coefficient (Wildman–Crippen LogP) is 5.09.